The first-order chi connectivity index (χ1) is 13.4. The number of carbonyl (C=O) groups excluding carboxylic acids is 3. The number of ketones is 1. The van der Waals surface area contributed by atoms with Gasteiger partial charge in [0, 0.05) is 29.1 Å². The Hall–Kier alpha value is -3.09. The first kappa shape index (κ1) is 21.2. The van der Waals surface area contributed by atoms with E-state index in [1.807, 2.05) is 19.9 Å². The van der Waals surface area contributed by atoms with Crippen LogP contribution in [-0.4, -0.2) is 42.5 Å². The van der Waals surface area contributed by atoms with Crippen molar-refractivity contribution in [1.82, 2.24) is 9.88 Å². The summed E-state index contributed by atoms with van der Waals surface area (Å²) in [5, 5.41) is 2.47. The maximum Gasteiger partial charge on any atom is 0.325 e. The van der Waals surface area contributed by atoms with Crippen molar-refractivity contribution in [2.75, 3.05) is 20.3 Å². The van der Waals surface area contributed by atoms with Crippen LogP contribution < -0.4 is 10.1 Å². The average Bonchev–Trinajstić information content (AvgIpc) is 2.98. The number of aromatic nitrogens is 1. The molecule has 0 atom stereocenters. The molecule has 0 saturated heterocycles. The minimum atomic E-state index is -0.674. The molecule has 2 aromatic rings. The highest BCUT2D eigenvalue weighted by atomic mass is 16.5. The third-order valence-corrected chi connectivity index (χ3v) is 4.41. The molecule has 0 fully saturated rings. The van der Waals surface area contributed by atoms with Gasteiger partial charge in [-0.1, -0.05) is 13.0 Å². The quantitative estimate of drug-likeness (QED) is 0.529. The van der Waals surface area contributed by atoms with Crippen molar-refractivity contribution in [3.05, 3.63) is 52.8 Å². The zero-order chi connectivity index (χ0) is 20.7. The number of hydrogen-bond donors (Lipinski definition) is 1. The fourth-order valence-corrected chi connectivity index (χ4v) is 2.94. The molecule has 0 unspecified atom stereocenters. The smallest absolute Gasteiger partial charge is 0.325 e. The summed E-state index contributed by atoms with van der Waals surface area (Å²) in [4.78, 5) is 36.3. The Morgan fingerprint density at radius 2 is 1.89 bits per heavy atom. The van der Waals surface area contributed by atoms with E-state index in [0.717, 1.165) is 24.4 Å². The third-order valence-electron chi connectivity index (χ3n) is 4.41. The first-order valence-electron chi connectivity index (χ1n) is 9.15. The molecule has 7 heteroatoms. The van der Waals surface area contributed by atoms with Crippen LogP contribution in [0.3, 0.4) is 0 Å². The highest BCUT2D eigenvalue weighted by molar-refractivity contribution is 6.00. The molecule has 0 aliphatic heterocycles. The lowest BCUT2D eigenvalue weighted by atomic mass is 10.1. The maximum absolute atomic E-state index is 12.4. The SMILES string of the molecule is CCCn1c(C)cc(C(=O)COC(=O)CNC(=O)c2cccc(OC)c2)c1C. The van der Waals surface area contributed by atoms with Crippen LogP contribution in [0.15, 0.2) is 30.3 Å². The number of nitrogens with zero attached hydrogens (tertiary/aromatic N) is 1. The standard InChI is InChI=1S/C21H26N2O5/c1-5-9-23-14(2)10-18(15(23)3)19(24)13-28-20(25)12-22-21(26)16-7-6-8-17(11-16)27-4/h6-8,10-11H,5,9,12-13H2,1-4H3,(H,22,26). The van der Waals surface area contributed by atoms with Crippen molar-refractivity contribution in [1.29, 1.82) is 0 Å². The van der Waals surface area contributed by atoms with Gasteiger partial charge in [0.15, 0.2) is 6.61 Å². The largest absolute Gasteiger partial charge is 0.497 e. The zero-order valence-corrected chi connectivity index (χ0v) is 16.7. The summed E-state index contributed by atoms with van der Waals surface area (Å²) in [5.74, 6) is -0.818. The molecular formula is C21H26N2O5. The Morgan fingerprint density at radius 3 is 2.57 bits per heavy atom. The van der Waals surface area contributed by atoms with E-state index in [1.54, 1.807) is 24.3 Å². The van der Waals surface area contributed by atoms with Gasteiger partial charge in [0.2, 0.25) is 5.78 Å². The van der Waals surface area contributed by atoms with E-state index in [0.29, 0.717) is 16.9 Å². The fourth-order valence-electron chi connectivity index (χ4n) is 2.94. The van der Waals surface area contributed by atoms with E-state index in [4.69, 9.17) is 9.47 Å². The molecule has 2 rings (SSSR count). The monoisotopic (exact) mass is 386 g/mol. The molecule has 0 aliphatic rings. The first-order valence-corrected chi connectivity index (χ1v) is 9.15. The fraction of sp³-hybridized carbons (Fsp3) is 0.381. The van der Waals surface area contributed by atoms with Gasteiger partial charge in [0.1, 0.15) is 12.3 Å². The van der Waals surface area contributed by atoms with Crippen molar-refractivity contribution in [3.8, 4) is 5.75 Å². The van der Waals surface area contributed by atoms with Crippen molar-refractivity contribution >= 4 is 17.7 Å². The Bertz CT molecular complexity index is 870. The lowest BCUT2D eigenvalue weighted by molar-refractivity contribution is -0.141. The number of hydrogen-bond acceptors (Lipinski definition) is 5. The zero-order valence-electron chi connectivity index (χ0n) is 16.7. The Balaban J connectivity index is 1.86. The summed E-state index contributed by atoms with van der Waals surface area (Å²) >= 11 is 0. The highest BCUT2D eigenvalue weighted by Crippen LogP contribution is 2.16. The van der Waals surface area contributed by atoms with Crippen LogP contribution in [0.1, 0.15) is 45.4 Å². The second kappa shape index (κ2) is 9.73. The Labute approximate surface area is 164 Å². The van der Waals surface area contributed by atoms with Gasteiger partial charge in [-0.15, -0.1) is 0 Å². The summed E-state index contributed by atoms with van der Waals surface area (Å²) in [7, 11) is 1.51. The highest BCUT2D eigenvalue weighted by Gasteiger charge is 2.17. The van der Waals surface area contributed by atoms with Gasteiger partial charge in [0.05, 0.1) is 7.11 Å². The number of methoxy groups -OCH3 is 1. The number of amides is 1. The average molecular weight is 386 g/mol. The van der Waals surface area contributed by atoms with Crippen LogP contribution >= 0.6 is 0 Å². The Kier molecular flexibility index (Phi) is 7.37. The van der Waals surface area contributed by atoms with Gasteiger partial charge in [0.25, 0.3) is 5.91 Å². The predicted molar refractivity (Wildman–Crippen MR) is 105 cm³/mol. The predicted octanol–water partition coefficient (Wildman–Crippen LogP) is 2.68. The van der Waals surface area contributed by atoms with E-state index in [-0.39, 0.29) is 18.9 Å². The van der Waals surface area contributed by atoms with Gasteiger partial charge in [-0.25, -0.2) is 0 Å². The number of esters is 1. The lowest BCUT2D eigenvalue weighted by Crippen LogP contribution is -2.31. The van der Waals surface area contributed by atoms with Crippen molar-refractivity contribution < 1.29 is 23.9 Å². The van der Waals surface area contributed by atoms with Crippen LogP contribution in [0.25, 0.3) is 0 Å². The van der Waals surface area contributed by atoms with Crippen molar-refractivity contribution in [2.45, 2.75) is 33.7 Å². The number of aryl methyl sites for hydroxylation is 1. The van der Waals surface area contributed by atoms with E-state index in [9.17, 15) is 14.4 Å². The molecule has 1 aromatic heterocycles. The molecule has 0 aliphatic carbocycles. The second-order valence-corrected chi connectivity index (χ2v) is 6.43. The van der Waals surface area contributed by atoms with Gasteiger partial charge >= 0.3 is 5.97 Å². The minimum Gasteiger partial charge on any atom is -0.497 e. The van der Waals surface area contributed by atoms with Crippen LogP contribution in [0.2, 0.25) is 0 Å². The molecule has 7 nitrogen and oxygen atoms in total. The summed E-state index contributed by atoms with van der Waals surface area (Å²) in [6.45, 7) is 6.05. The molecule has 150 valence electrons. The normalized spacial score (nSPS) is 10.4. The summed E-state index contributed by atoms with van der Waals surface area (Å²) in [6, 6.07) is 8.38. The molecule has 1 heterocycles. The van der Waals surface area contributed by atoms with Gasteiger partial charge in [-0.2, -0.15) is 0 Å². The minimum absolute atomic E-state index is 0.261. The van der Waals surface area contributed by atoms with E-state index in [1.165, 1.54) is 7.11 Å². The topological polar surface area (TPSA) is 86.6 Å². The molecule has 28 heavy (non-hydrogen) atoms. The van der Waals surface area contributed by atoms with E-state index in [2.05, 4.69) is 16.8 Å². The number of Topliss-reactive ketones (excluding diaryl/α,β-unsaturated/α-hetero) is 1. The number of nitrogens with one attached hydrogen (secondary N) is 1. The summed E-state index contributed by atoms with van der Waals surface area (Å²) in [6.07, 6.45) is 0.964. The molecule has 0 bridgehead atoms. The number of benzene rings is 1. The molecular weight excluding hydrogens is 360 g/mol. The molecule has 1 N–H and O–H groups in total. The van der Waals surface area contributed by atoms with Crippen LogP contribution in [0.5, 0.6) is 5.75 Å². The lowest BCUT2D eigenvalue weighted by Gasteiger charge is -2.08. The van der Waals surface area contributed by atoms with Crippen LogP contribution in [0.4, 0.5) is 0 Å². The second-order valence-electron chi connectivity index (χ2n) is 6.43. The molecule has 0 spiro atoms. The van der Waals surface area contributed by atoms with Crippen molar-refractivity contribution in [3.63, 3.8) is 0 Å². The van der Waals surface area contributed by atoms with E-state index >= 15 is 0 Å². The molecule has 0 radical (unpaired) electrons. The number of rotatable bonds is 9. The Morgan fingerprint density at radius 1 is 1.14 bits per heavy atom. The maximum atomic E-state index is 12.4. The van der Waals surface area contributed by atoms with Crippen LogP contribution in [-0.2, 0) is 16.1 Å². The van der Waals surface area contributed by atoms with Gasteiger partial charge in [-0.3, -0.25) is 14.4 Å². The van der Waals surface area contributed by atoms with Gasteiger partial charge in [-0.05, 0) is 44.5 Å². The van der Waals surface area contributed by atoms with Crippen LogP contribution in [0, 0.1) is 13.8 Å². The summed E-state index contributed by atoms with van der Waals surface area (Å²) < 4.78 is 12.2. The third kappa shape index (κ3) is 5.22. The molecule has 1 amide bonds. The summed E-state index contributed by atoms with van der Waals surface area (Å²) in [5.41, 5.74) is 2.79. The van der Waals surface area contributed by atoms with Crippen molar-refractivity contribution in [2.24, 2.45) is 0 Å². The number of carbonyl (C=O) groups is 3. The molecule has 0 saturated carbocycles. The number of ether oxygens (including phenoxy) is 2. The molecule has 1 aromatic carbocycles. The van der Waals surface area contributed by atoms with E-state index < -0.39 is 11.9 Å². The van der Waals surface area contributed by atoms with Gasteiger partial charge < -0.3 is 19.4 Å².